The van der Waals surface area contributed by atoms with Gasteiger partial charge in [-0.3, -0.25) is 4.98 Å². The highest BCUT2D eigenvalue weighted by atomic mass is 16.5. The minimum absolute atomic E-state index is 0.0998. The van der Waals surface area contributed by atoms with E-state index in [2.05, 4.69) is 48.5 Å². The van der Waals surface area contributed by atoms with Crippen LogP contribution in [0.2, 0.25) is 0 Å². The maximum Gasteiger partial charge on any atom is 0.0721 e. The fourth-order valence-corrected chi connectivity index (χ4v) is 3.60. The predicted octanol–water partition coefficient (Wildman–Crippen LogP) is 5.82. The lowest BCUT2D eigenvalue weighted by Crippen LogP contribution is -2.14. The molecule has 138 valence electrons. The van der Waals surface area contributed by atoms with E-state index >= 15 is 0 Å². The maximum atomic E-state index is 9.20. The summed E-state index contributed by atoms with van der Waals surface area (Å²) in [6, 6.07) is 29.0. The van der Waals surface area contributed by atoms with Crippen LogP contribution in [0.1, 0.15) is 24.1 Å². The molecule has 0 bridgehead atoms. The van der Waals surface area contributed by atoms with E-state index in [0.29, 0.717) is 13.0 Å². The van der Waals surface area contributed by atoms with Crippen LogP contribution in [0.4, 0.5) is 0 Å². The van der Waals surface area contributed by atoms with Gasteiger partial charge < -0.3 is 4.74 Å². The van der Waals surface area contributed by atoms with Gasteiger partial charge in [0.25, 0.3) is 0 Å². The van der Waals surface area contributed by atoms with Crippen molar-refractivity contribution in [2.75, 3.05) is 0 Å². The molecule has 0 fully saturated rings. The van der Waals surface area contributed by atoms with Gasteiger partial charge in [-0.1, -0.05) is 72.8 Å². The molecule has 3 heteroatoms. The van der Waals surface area contributed by atoms with E-state index in [1.54, 1.807) is 0 Å². The Labute approximate surface area is 165 Å². The third-order valence-electron chi connectivity index (χ3n) is 5.04. The van der Waals surface area contributed by atoms with Gasteiger partial charge in [0.1, 0.15) is 0 Å². The summed E-state index contributed by atoms with van der Waals surface area (Å²) in [5.41, 5.74) is 3.21. The number of nitriles is 1. The molecule has 0 radical (unpaired) electrons. The third kappa shape index (κ3) is 4.03. The van der Waals surface area contributed by atoms with Gasteiger partial charge in [-0.05, 0) is 29.9 Å². The molecule has 0 aliphatic heterocycles. The van der Waals surface area contributed by atoms with E-state index in [-0.39, 0.29) is 6.10 Å². The van der Waals surface area contributed by atoms with Crippen molar-refractivity contribution >= 4 is 21.7 Å². The van der Waals surface area contributed by atoms with Crippen molar-refractivity contribution in [2.24, 2.45) is 0 Å². The first-order valence-electron chi connectivity index (χ1n) is 9.64. The highest BCUT2D eigenvalue weighted by molar-refractivity contribution is 6.06. The average molecular weight is 366 g/mol. The number of rotatable bonds is 7. The molecular weight excluding hydrogens is 344 g/mol. The van der Waals surface area contributed by atoms with Crippen LogP contribution in [0.5, 0.6) is 0 Å². The number of hydrogen-bond acceptors (Lipinski definition) is 3. The monoisotopic (exact) mass is 366 g/mol. The normalized spacial score (nSPS) is 12.1. The van der Waals surface area contributed by atoms with Crippen LogP contribution in [0.25, 0.3) is 21.7 Å². The smallest absolute Gasteiger partial charge is 0.0721 e. The SMILES string of the molecule is N#CCC(CCc1nc2ccccc2c2ccccc12)OCc1ccccc1. The lowest BCUT2D eigenvalue weighted by Gasteiger charge is -2.16. The quantitative estimate of drug-likeness (QED) is 0.387. The Morgan fingerprint density at radius 2 is 1.50 bits per heavy atom. The van der Waals surface area contributed by atoms with Crippen molar-refractivity contribution in [2.45, 2.75) is 32.0 Å². The van der Waals surface area contributed by atoms with Gasteiger partial charge in [-0.2, -0.15) is 5.26 Å². The number of aromatic nitrogens is 1. The Morgan fingerprint density at radius 3 is 2.29 bits per heavy atom. The largest absolute Gasteiger partial charge is 0.372 e. The first-order valence-corrected chi connectivity index (χ1v) is 9.64. The molecular formula is C25H22N2O. The van der Waals surface area contributed by atoms with Gasteiger partial charge in [0.15, 0.2) is 0 Å². The molecule has 3 nitrogen and oxygen atoms in total. The molecule has 3 aromatic carbocycles. The summed E-state index contributed by atoms with van der Waals surface area (Å²) in [6.07, 6.45) is 1.85. The summed E-state index contributed by atoms with van der Waals surface area (Å²) in [7, 11) is 0. The second-order valence-electron chi connectivity index (χ2n) is 6.94. The van der Waals surface area contributed by atoms with Crippen molar-refractivity contribution in [1.29, 1.82) is 5.26 Å². The topological polar surface area (TPSA) is 45.9 Å². The van der Waals surface area contributed by atoms with Crippen LogP contribution < -0.4 is 0 Å². The fourth-order valence-electron chi connectivity index (χ4n) is 3.60. The molecule has 0 aliphatic rings. The summed E-state index contributed by atoms with van der Waals surface area (Å²) in [5.74, 6) is 0. The van der Waals surface area contributed by atoms with Gasteiger partial charge >= 0.3 is 0 Å². The van der Waals surface area contributed by atoms with E-state index in [1.807, 2.05) is 36.4 Å². The van der Waals surface area contributed by atoms with Crippen molar-refractivity contribution < 1.29 is 4.74 Å². The minimum atomic E-state index is -0.0998. The average Bonchev–Trinajstić information content (AvgIpc) is 2.76. The molecule has 1 aromatic heterocycles. The number of aryl methyl sites for hydroxylation is 1. The molecule has 0 spiro atoms. The molecule has 1 unspecified atom stereocenters. The Morgan fingerprint density at radius 1 is 0.821 bits per heavy atom. The Kier molecular flexibility index (Phi) is 5.61. The molecule has 0 saturated carbocycles. The van der Waals surface area contributed by atoms with Crippen LogP contribution in [0.15, 0.2) is 78.9 Å². The molecule has 0 aliphatic carbocycles. The number of para-hydroxylation sites is 1. The lowest BCUT2D eigenvalue weighted by molar-refractivity contribution is 0.0383. The Hall–Kier alpha value is -3.22. The van der Waals surface area contributed by atoms with Gasteiger partial charge in [-0.15, -0.1) is 0 Å². The summed E-state index contributed by atoms with van der Waals surface area (Å²) in [5, 5.41) is 12.8. The van der Waals surface area contributed by atoms with E-state index in [1.165, 1.54) is 16.2 Å². The van der Waals surface area contributed by atoms with Crippen LogP contribution >= 0.6 is 0 Å². The summed E-state index contributed by atoms with van der Waals surface area (Å²) in [4.78, 5) is 4.92. The van der Waals surface area contributed by atoms with Crippen LogP contribution in [0, 0.1) is 11.3 Å². The molecule has 1 atom stereocenters. The van der Waals surface area contributed by atoms with E-state index < -0.39 is 0 Å². The number of hydrogen-bond donors (Lipinski definition) is 0. The zero-order valence-corrected chi connectivity index (χ0v) is 15.7. The molecule has 28 heavy (non-hydrogen) atoms. The van der Waals surface area contributed by atoms with Gasteiger partial charge in [-0.25, -0.2) is 0 Å². The zero-order chi connectivity index (χ0) is 19.2. The van der Waals surface area contributed by atoms with Crippen LogP contribution in [0.3, 0.4) is 0 Å². The first-order chi connectivity index (χ1) is 13.8. The molecule has 1 heterocycles. The van der Waals surface area contributed by atoms with Crippen LogP contribution in [-0.4, -0.2) is 11.1 Å². The number of pyridine rings is 1. The fraction of sp³-hybridized carbons (Fsp3) is 0.200. The third-order valence-corrected chi connectivity index (χ3v) is 5.04. The molecule has 4 aromatic rings. The van der Waals surface area contributed by atoms with Gasteiger partial charge in [0.05, 0.1) is 30.7 Å². The highest BCUT2D eigenvalue weighted by Gasteiger charge is 2.13. The van der Waals surface area contributed by atoms with Crippen molar-refractivity contribution in [3.05, 3.63) is 90.1 Å². The number of benzene rings is 3. The first kappa shape index (κ1) is 18.2. The second kappa shape index (κ2) is 8.65. The molecule has 0 saturated heterocycles. The lowest BCUT2D eigenvalue weighted by atomic mass is 10.0. The minimum Gasteiger partial charge on any atom is -0.372 e. The Bertz CT molecular complexity index is 1120. The standard InChI is InChI=1S/C25H22N2O/c26-17-16-20(28-18-19-8-2-1-3-9-19)14-15-25-23-11-5-4-10-21(23)22-12-6-7-13-24(22)27-25/h1-13,20H,14-16,18H2. The highest BCUT2D eigenvalue weighted by Crippen LogP contribution is 2.27. The Balaban J connectivity index is 1.55. The van der Waals surface area contributed by atoms with E-state index in [4.69, 9.17) is 9.72 Å². The van der Waals surface area contributed by atoms with Gasteiger partial charge in [0, 0.05) is 16.5 Å². The molecule has 4 rings (SSSR count). The van der Waals surface area contributed by atoms with Crippen molar-refractivity contribution in [1.82, 2.24) is 4.98 Å². The number of fused-ring (bicyclic) bond motifs is 3. The second-order valence-corrected chi connectivity index (χ2v) is 6.94. The molecule has 0 N–H and O–H groups in total. The van der Waals surface area contributed by atoms with Crippen LogP contribution in [-0.2, 0) is 17.8 Å². The summed E-state index contributed by atoms with van der Waals surface area (Å²) in [6.45, 7) is 0.527. The zero-order valence-electron chi connectivity index (χ0n) is 15.7. The predicted molar refractivity (Wildman–Crippen MR) is 113 cm³/mol. The van der Waals surface area contributed by atoms with Crippen molar-refractivity contribution in [3.8, 4) is 6.07 Å². The number of nitrogens with zero attached hydrogens (tertiary/aromatic N) is 2. The van der Waals surface area contributed by atoms with Crippen molar-refractivity contribution in [3.63, 3.8) is 0 Å². The maximum absolute atomic E-state index is 9.20. The summed E-state index contributed by atoms with van der Waals surface area (Å²) < 4.78 is 6.04. The number of ether oxygens (including phenoxy) is 1. The van der Waals surface area contributed by atoms with E-state index in [0.717, 1.165) is 29.6 Å². The van der Waals surface area contributed by atoms with E-state index in [9.17, 15) is 5.26 Å². The molecule has 0 amide bonds. The summed E-state index contributed by atoms with van der Waals surface area (Å²) >= 11 is 0. The van der Waals surface area contributed by atoms with Gasteiger partial charge in [0.2, 0.25) is 0 Å².